The van der Waals surface area contributed by atoms with Gasteiger partial charge >= 0.3 is 0 Å². The van der Waals surface area contributed by atoms with Gasteiger partial charge in [-0.2, -0.15) is 0 Å². The van der Waals surface area contributed by atoms with E-state index in [0.29, 0.717) is 41.6 Å². The van der Waals surface area contributed by atoms with Crippen LogP contribution in [0, 0.1) is 0 Å². The molecule has 8 heteroatoms. The summed E-state index contributed by atoms with van der Waals surface area (Å²) in [5, 5.41) is 8.66. The molecule has 0 radical (unpaired) electrons. The van der Waals surface area contributed by atoms with Crippen molar-refractivity contribution in [2.45, 2.75) is 18.6 Å². The lowest BCUT2D eigenvalue weighted by Crippen LogP contribution is -2.00. The first-order valence-corrected chi connectivity index (χ1v) is 10.3. The lowest BCUT2D eigenvalue weighted by Gasteiger charge is -2.07. The Labute approximate surface area is 174 Å². The second-order valence-electron chi connectivity index (χ2n) is 5.96. The molecular weight excluding hydrogens is 392 g/mol. The van der Waals surface area contributed by atoms with Gasteiger partial charge in [-0.3, -0.25) is 0 Å². The van der Waals surface area contributed by atoms with Gasteiger partial charge in [0.25, 0.3) is 5.22 Å². The molecule has 29 heavy (non-hydrogen) atoms. The quantitative estimate of drug-likeness (QED) is 0.328. The molecule has 1 heterocycles. The van der Waals surface area contributed by atoms with Crippen LogP contribution in [0.3, 0.4) is 0 Å². The Hall–Kier alpha value is -2.87. The zero-order chi connectivity index (χ0) is 20.5. The third-order valence-corrected chi connectivity index (χ3v) is 4.69. The number of ether oxygens (including phenoxy) is 4. The summed E-state index contributed by atoms with van der Waals surface area (Å²) in [6.07, 6.45) is 0.985. The summed E-state index contributed by atoms with van der Waals surface area (Å²) in [5.74, 6) is 4.01. The average Bonchev–Trinajstić information content (AvgIpc) is 3.24. The van der Waals surface area contributed by atoms with Crippen molar-refractivity contribution in [3.63, 3.8) is 0 Å². The van der Waals surface area contributed by atoms with Crippen LogP contribution < -0.4 is 18.9 Å². The van der Waals surface area contributed by atoms with Gasteiger partial charge in [0.1, 0.15) is 11.5 Å². The maximum atomic E-state index is 5.74. The summed E-state index contributed by atoms with van der Waals surface area (Å²) < 4.78 is 27.6. The van der Waals surface area contributed by atoms with E-state index in [2.05, 4.69) is 17.1 Å². The Morgan fingerprint density at radius 1 is 0.862 bits per heavy atom. The molecule has 0 N–H and O–H groups in total. The van der Waals surface area contributed by atoms with Crippen LogP contribution in [0.15, 0.2) is 52.1 Å². The lowest BCUT2D eigenvalue weighted by atomic mass is 10.2. The molecule has 0 bridgehead atoms. The van der Waals surface area contributed by atoms with Gasteiger partial charge in [0, 0.05) is 11.3 Å². The number of benzene rings is 2. The fourth-order valence-electron chi connectivity index (χ4n) is 2.49. The van der Waals surface area contributed by atoms with E-state index < -0.39 is 0 Å². The van der Waals surface area contributed by atoms with Crippen LogP contribution in [0.1, 0.15) is 13.3 Å². The van der Waals surface area contributed by atoms with Crippen LogP contribution in [-0.4, -0.2) is 43.4 Å². The molecule has 0 unspecified atom stereocenters. The topological polar surface area (TPSA) is 75.8 Å². The third-order valence-electron chi connectivity index (χ3n) is 3.91. The second kappa shape index (κ2) is 10.6. The zero-order valence-corrected chi connectivity index (χ0v) is 17.5. The highest BCUT2D eigenvalue weighted by molar-refractivity contribution is 7.99. The molecule has 3 aromatic rings. The Kier molecular flexibility index (Phi) is 7.63. The second-order valence-corrected chi connectivity index (χ2v) is 7.01. The maximum absolute atomic E-state index is 5.74. The molecule has 0 atom stereocenters. The van der Waals surface area contributed by atoms with Crippen LogP contribution in [-0.2, 0) is 0 Å². The molecule has 0 amide bonds. The summed E-state index contributed by atoms with van der Waals surface area (Å²) in [6, 6.07) is 13.1. The lowest BCUT2D eigenvalue weighted by molar-refractivity contribution is 0.314. The Morgan fingerprint density at radius 3 is 2.21 bits per heavy atom. The predicted octanol–water partition coefficient (Wildman–Crippen LogP) is 4.71. The summed E-state index contributed by atoms with van der Waals surface area (Å²) >= 11 is 1.44. The first-order valence-electron chi connectivity index (χ1n) is 9.28. The van der Waals surface area contributed by atoms with Crippen LogP contribution in [0.5, 0.6) is 23.0 Å². The minimum absolute atomic E-state index is 0.428. The number of hydrogen-bond acceptors (Lipinski definition) is 8. The highest BCUT2D eigenvalue weighted by Gasteiger charge is 2.12. The Bertz CT molecular complexity index is 898. The van der Waals surface area contributed by atoms with Crippen molar-refractivity contribution in [3.8, 4) is 34.5 Å². The van der Waals surface area contributed by atoms with Gasteiger partial charge in [-0.25, -0.2) is 0 Å². The molecule has 1 aromatic heterocycles. The van der Waals surface area contributed by atoms with Gasteiger partial charge in [-0.1, -0.05) is 18.7 Å². The highest BCUT2D eigenvalue weighted by Crippen LogP contribution is 2.32. The largest absolute Gasteiger partial charge is 0.494 e. The third kappa shape index (κ3) is 5.80. The average molecular weight is 416 g/mol. The molecule has 0 saturated heterocycles. The molecule has 0 aliphatic heterocycles. The molecule has 0 saturated carbocycles. The number of hydrogen-bond donors (Lipinski definition) is 0. The number of methoxy groups -OCH3 is 2. The van der Waals surface area contributed by atoms with Crippen molar-refractivity contribution < 1.29 is 23.4 Å². The van der Waals surface area contributed by atoms with E-state index in [4.69, 9.17) is 23.4 Å². The van der Waals surface area contributed by atoms with Gasteiger partial charge in [-0.15, -0.1) is 10.2 Å². The molecule has 0 aliphatic rings. The molecule has 0 fully saturated rings. The van der Waals surface area contributed by atoms with Gasteiger partial charge in [0.2, 0.25) is 5.89 Å². The molecule has 0 aliphatic carbocycles. The molecule has 0 spiro atoms. The number of rotatable bonds is 11. The van der Waals surface area contributed by atoms with Crippen molar-refractivity contribution in [2.75, 3.05) is 33.2 Å². The van der Waals surface area contributed by atoms with Crippen molar-refractivity contribution in [2.24, 2.45) is 0 Å². The van der Waals surface area contributed by atoms with Gasteiger partial charge in [0.05, 0.1) is 27.4 Å². The van der Waals surface area contributed by atoms with Crippen LogP contribution in [0.2, 0.25) is 0 Å². The fraction of sp³-hybridized carbons (Fsp3) is 0.333. The SMILES string of the molecule is CCCOc1ccc(OCCSc2nnc(-c3ccc(OC)c(OC)c3)o2)cc1. The minimum Gasteiger partial charge on any atom is -0.494 e. The number of nitrogens with zero attached hydrogens (tertiary/aromatic N) is 2. The van der Waals surface area contributed by atoms with Crippen molar-refractivity contribution in [1.82, 2.24) is 10.2 Å². The summed E-state index contributed by atoms with van der Waals surface area (Å²) in [4.78, 5) is 0. The van der Waals surface area contributed by atoms with E-state index in [1.165, 1.54) is 11.8 Å². The van der Waals surface area contributed by atoms with Crippen molar-refractivity contribution in [3.05, 3.63) is 42.5 Å². The number of aromatic nitrogens is 2. The molecule has 2 aromatic carbocycles. The fourth-order valence-corrected chi connectivity index (χ4v) is 3.07. The monoisotopic (exact) mass is 416 g/mol. The van der Waals surface area contributed by atoms with Gasteiger partial charge in [0.15, 0.2) is 11.5 Å². The Morgan fingerprint density at radius 2 is 1.55 bits per heavy atom. The molecule has 7 nitrogen and oxygen atoms in total. The summed E-state index contributed by atoms with van der Waals surface area (Å²) in [5.41, 5.74) is 0.767. The van der Waals surface area contributed by atoms with E-state index >= 15 is 0 Å². The molecular formula is C21H24N2O5S. The summed E-state index contributed by atoms with van der Waals surface area (Å²) in [6.45, 7) is 3.32. The molecule has 3 rings (SSSR count). The normalized spacial score (nSPS) is 10.6. The van der Waals surface area contributed by atoms with E-state index in [1.807, 2.05) is 30.3 Å². The Balaban J connectivity index is 1.48. The minimum atomic E-state index is 0.428. The van der Waals surface area contributed by atoms with Crippen molar-refractivity contribution in [1.29, 1.82) is 0 Å². The highest BCUT2D eigenvalue weighted by atomic mass is 32.2. The zero-order valence-electron chi connectivity index (χ0n) is 16.7. The first-order chi connectivity index (χ1) is 14.2. The molecule has 154 valence electrons. The summed E-state index contributed by atoms with van der Waals surface area (Å²) in [7, 11) is 3.18. The predicted molar refractivity (Wildman–Crippen MR) is 111 cm³/mol. The number of thioether (sulfide) groups is 1. The van der Waals surface area contributed by atoms with Gasteiger partial charge < -0.3 is 23.4 Å². The maximum Gasteiger partial charge on any atom is 0.276 e. The van der Waals surface area contributed by atoms with Gasteiger partial charge in [-0.05, 0) is 48.9 Å². The standard InChI is InChI=1S/C21H24N2O5S/c1-4-11-26-16-6-8-17(9-7-16)27-12-13-29-21-23-22-20(28-21)15-5-10-18(24-2)19(14-15)25-3/h5-10,14H,4,11-13H2,1-3H3. The van der Waals surface area contributed by atoms with Crippen molar-refractivity contribution >= 4 is 11.8 Å². The van der Waals surface area contributed by atoms with Crippen LogP contribution >= 0.6 is 11.8 Å². The van der Waals surface area contributed by atoms with Crippen LogP contribution in [0.25, 0.3) is 11.5 Å². The van der Waals surface area contributed by atoms with E-state index in [-0.39, 0.29) is 0 Å². The van der Waals surface area contributed by atoms with E-state index in [0.717, 1.165) is 23.5 Å². The van der Waals surface area contributed by atoms with E-state index in [9.17, 15) is 0 Å². The van der Waals surface area contributed by atoms with Crippen LogP contribution in [0.4, 0.5) is 0 Å². The van der Waals surface area contributed by atoms with E-state index in [1.54, 1.807) is 26.4 Å². The smallest absolute Gasteiger partial charge is 0.276 e. The first kappa shape index (κ1) is 20.9.